The molecule has 0 radical (unpaired) electrons. The Hall–Kier alpha value is -2.37. The first kappa shape index (κ1) is 19.9. The van der Waals surface area contributed by atoms with Crippen molar-refractivity contribution < 1.29 is 9.18 Å². The molecule has 156 valence electrons. The minimum Gasteiger partial charge on any atom is -0.364 e. The number of aromatic nitrogens is 2. The molecule has 5 nitrogen and oxygen atoms in total. The molecule has 1 atom stereocenters. The standard InChI is InChI=1S/C23H31FN4O/c1-5-8-18-14-20(26(4)25-18)21(29)27-12-7-11-23(27)15-22(2,3)28(16-23)19-10-6-9-17(24)13-19/h6,9-10,13-14H,5,7-8,11-12,15-16H2,1-4H3. The summed E-state index contributed by atoms with van der Waals surface area (Å²) < 4.78 is 15.6. The first-order valence-electron chi connectivity index (χ1n) is 10.6. The molecule has 2 fully saturated rings. The highest BCUT2D eigenvalue weighted by molar-refractivity contribution is 5.93. The van der Waals surface area contributed by atoms with Gasteiger partial charge in [0.05, 0.1) is 11.2 Å². The molecule has 2 aliphatic rings. The third-order valence-corrected chi connectivity index (χ3v) is 6.56. The van der Waals surface area contributed by atoms with Gasteiger partial charge < -0.3 is 9.80 Å². The van der Waals surface area contributed by atoms with Gasteiger partial charge in [0.25, 0.3) is 5.91 Å². The molecule has 1 amide bonds. The number of aryl methyl sites for hydroxylation is 2. The van der Waals surface area contributed by atoms with Gasteiger partial charge in [0.2, 0.25) is 0 Å². The van der Waals surface area contributed by atoms with E-state index in [0.29, 0.717) is 5.69 Å². The molecule has 4 rings (SSSR count). The predicted octanol–water partition coefficient (Wildman–Crippen LogP) is 4.18. The van der Waals surface area contributed by atoms with Crippen molar-refractivity contribution in [3.8, 4) is 0 Å². The molecule has 3 heterocycles. The molecule has 2 saturated heterocycles. The van der Waals surface area contributed by atoms with Crippen LogP contribution in [-0.2, 0) is 13.5 Å². The smallest absolute Gasteiger partial charge is 0.272 e. The number of anilines is 1. The minimum atomic E-state index is -0.225. The van der Waals surface area contributed by atoms with Crippen LogP contribution in [0.1, 0.15) is 62.6 Å². The van der Waals surface area contributed by atoms with Crippen LogP contribution in [0.3, 0.4) is 0 Å². The van der Waals surface area contributed by atoms with Gasteiger partial charge in [0, 0.05) is 31.4 Å². The van der Waals surface area contributed by atoms with Crippen LogP contribution in [0.15, 0.2) is 30.3 Å². The lowest BCUT2D eigenvalue weighted by atomic mass is 9.87. The summed E-state index contributed by atoms with van der Waals surface area (Å²) >= 11 is 0. The number of nitrogens with zero attached hydrogens (tertiary/aromatic N) is 4. The number of benzene rings is 1. The van der Waals surface area contributed by atoms with Crippen LogP contribution in [0, 0.1) is 5.82 Å². The molecule has 0 bridgehead atoms. The number of carbonyl (C=O) groups is 1. The maximum Gasteiger partial charge on any atom is 0.272 e. The van der Waals surface area contributed by atoms with Gasteiger partial charge in [-0.25, -0.2) is 4.39 Å². The Morgan fingerprint density at radius 2 is 2.07 bits per heavy atom. The van der Waals surface area contributed by atoms with Crippen molar-refractivity contribution in [3.63, 3.8) is 0 Å². The van der Waals surface area contributed by atoms with Crippen LogP contribution in [0.25, 0.3) is 0 Å². The lowest BCUT2D eigenvalue weighted by Gasteiger charge is -2.35. The Bertz CT molecular complexity index is 921. The third kappa shape index (κ3) is 3.43. The summed E-state index contributed by atoms with van der Waals surface area (Å²) in [6.07, 6.45) is 4.75. The first-order valence-corrected chi connectivity index (χ1v) is 10.6. The average molecular weight is 399 g/mol. The Labute approximate surface area is 172 Å². The number of halogens is 1. The number of hydrogen-bond donors (Lipinski definition) is 0. The predicted molar refractivity (Wildman–Crippen MR) is 113 cm³/mol. The van der Waals surface area contributed by atoms with Crippen molar-refractivity contribution in [1.29, 1.82) is 0 Å². The molecule has 1 aromatic heterocycles. The van der Waals surface area contributed by atoms with E-state index in [1.807, 2.05) is 19.2 Å². The highest BCUT2D eigenvalue weighted by atomic mass is 19.1. The topological polar surface area (TPSA) is 41.4 Å². The zero-order valence-electron chi connectivity index (χ0n) is 17.9. The van der Waals surface area contributed by atoms with Crippen molar-refractivity contribution in [2.45, 2.75) is 64.0 Å². The number of amides is 1. The maximum atomic E-state index is 13.9. The second-order valence-electron chi connectivity index (χ2n) is 9.23. The van der Waals surface area contributed by atoms with E-state index in [2.05, 4.69) is 35.7 Å². The lowest BCUT2D eigenvalue weighted by Crippen LogP contribution is -2.49. The van der Waals surface area contributed by atoms with Gasteiger partial charge in [-0.15, -0.1) is 0 Å². The highest BCUT2D eigenvalue weighted by Gasteiger charge is 2.55. The van der Waals surface area contributed by atoms with Crippen LogP contribution in [-0.4, -0.2) is 44.8 Å². The van der Waals surface area contributed by atoms with Crippen molar-refractivity contribution in [3.05, 3.63) is 47.5 Å². The zero-order chi connectivity index (χ0) is 20.8. The normalized spacial score (nSPS) is 23.3. The lowest BCUT2D eigenvalue weighted by molar-refractivity contribution is 0.0606. The summed E-state index contributed by atoms with van der Waals surface area (Å²) in [5.74, 6) is -0.159. The number of carbonyl (C=O) groups excluding carboxylic acids is 1. The van der Waals surface area contributed by atoms with Gasteiger partial charge in [-0.3, -0.25) is 9.48 Å². The molecule has 1 spiro atoms. The fraction of sp³-hybridized carbons (Fsp3) is 0.565. The summed E-state index contributed by atoms with van der Waals surface area (Å²) in [5.41, 5.74) is 2.15. The first-order chi connectivity index (χ1) is 13.8. The molecule has 1 aromatic carbocycles. The van der Waals surface area contributed by atoms with Gasteiger partial charge >= 0.3 is 0 Å². The zero-order valence-corrected chi connectivity index (χ0v) is 17.9. The van der Waals surface area contributed by atoms with E-state index in [-0.39, 0.29) is 22.8 Å². The van der Waals surface area contributed by atoms with Gasteiger partial charge in [-0.2, -0.15) is 5.10 Å². The van der Waals surface area contributed by atoms with Gasteiger partial charge in [-0.1, -0.05) is 19.4 Å². The third-order valence-electron chi connectivity index (χ3n) is 6.56. The van der Waals surface area contributed by atoms with Gasteiger partial charge in [-0.05, 0) is 63.8 Å². The second kappa shape index (κ2) is 7.15. The van der Waals surface area contributed by atoms with Crippen LogP contribution >= 0.6 is 0 Å². The Balaban J connectivity index is 1.64. The average Bonchev–Trinajstić information content (AvgIpc) is 3.30. The van der Waals surface area contributed by atoms with E-state index in [1.54, 1.807) is 16.8 Å². The molecule has 0 aliphatic carbocycles. The van der Waals surface area contributed by atoms with E-state index in [4.69, 9.17) is 0 Å². The summed E-state index contributed by atoms with van der Waals surface area (Å²) in [6, 6.07) is 8.74. The molecule has 6 heteroatoms. The van der Waals surface area contributed by atoms with Crippen molar-refractivity contribution in [2.24, 2.45) is 7.05 Å². The molecule has 29 heavy (non-hydrogen) atoms. The quantitative estimate of drug-likeness (QED) is 0.776. The van der Waals surface area contributed by atoms with Gasteiger partial charge in [0.15, 0.2) is 0 Å². The largest absolute Gasteiger partial charge is 0.364 e. The maximum absolute atomic E-state index is 13.9. The highest BCUT2D eigenvalue weighted by Crippen LogP contribution is 2.47. The van der Waals surface area contributed by atoms with Crippen LogP contribution < -0.4 is 4.90 Å². The summed E-state index contributed by atoms with van der Waals surface area (Å²) in [6.45, 7) is 8.00. The summed E-state index contributed by atoms with van der Waals surface area (Å²) in [4.78, 5) is 17.9. The monoisotopic (exact) mass is 398 g/mol. The number of hydrogen-bond acceptors (Lipinski definition) is 3. The summed E-state index contributed by atoms with van der Waals surface area (Å²) in [7, 11) is 1.85. The fourth-order valence-electron chi connectivity index (χ4n) is 5.40. The van der Waals surface area contributed by atoms with Crippen molar-refractivity contribution in [2.75, 3.05) is 18.0 Å². The molecule has 2 aromatic rings. The van der Waals surface area contributed by atoms with E-state index in [0.717, 1.165) is 56.6 Å². The van der Waals surface area contributed by atoms with Crippen LogP contribution in [0.2, 0.25) is 0 Å². The molecular formula is C23H31FN4O. The van der Waals surface area contributed by atoms with Crippen LogP contribution in [0.4, 0.5) is 10.1 Å². The molecule has 0 N–H and O–H groups in total. The Kier molecular flexibility index (Phi) is 4.91. The number of likely N-dealkylation sites (tertiary alicyclic amines) is 1. The van der Waals surface area contributed by atoms with Crippen molar-refractivity contribution >= 4 is 11.6 Å². The molecular weight excluding hydrogens is 367 g/mol. The van der Waals surface area contributed by atoms with E-state index >= 15 is 0 Å². The van der Waals surface area contributed by atoms with E-state index < -0.39 is 0 Å². The Morgan fingerprint density at radius 1 is 1.28 bits per heavy atom. The molecule has 0 saturated carbocycles. The minimum absolute atomic E-state index is 0.0664. The SMILES string of the molecule is CCCc1cc(C(=O)N2CCCC23CN(c2cccc(F)c2)C(C)(C)C3)n(C)n1. The molecule has 1 unspecified atom stereocenters. The van der Waals surface area contributed by atoms with E-state index in [1.165, 1.54) is 6.07 Å². The van der Waals surface area contributed by atoms with E-state index in [9.17, 15) is 9.18 Å². The second-order valence-corrected chi connectivity index (χ2v) is 9.23. The number of rotatable bonds is 4. The summed E-state index contributed by atoms with van der Waals surface area (Å²) in [5, 5.41) is 4.53. The molecule has 2 aliphatic heterocycles. The van der Waals surface area contributed by atoms with Crippen LogP contribution in [0.5, 0.6) is 0 Å². The Morgan fingerprint density at radius 3 is 2.79 bits per heavy atom. The fourth-order valence-corrected chi connectivity index (χ4v) is 5.40. The van der Waals surface area contributed by atoms with Crippen molar-refractivity contribution in [1.82, 2.24) is 14.7 Å². The van der Waals surface area contributed by atoms with Gasteiger partial charge in [0.1, 0.15) is 11.5 Å².